The van der Waals surface area contributed by atoms with E-state index in [2.05, 4.69) is 11.9 Å². The first-order chi connectivity index (χ1) is 18.4. The molecule has 40 heavy (non-hydrogen) atoms. The summed E-state index contributed by atoms with van der Waals surface area (Å²) in [5.74, 6) is -3.12. The summed E-state index contributed by atoms with van der Waals surface area (Å²) in [5, 5.41) is 14.6. The number of nitrogens with one attached hydrogen (secondary N) is 2. The highest BCUT2D eigenvalue weighted by molar-refractivity contribution is 5.98. The zero-order chi connectivity index (χ0) is 30.4. The second-order valence-corrected chi connectivity index (χ2v) is 12.2. The van der Waals surface area contributed by atoms with E-state index >= 15 is 0 Å². The summed E-state index contributed by atoms with van der Waals surface area (Å²) < 4.78 is 44.7. The first-order valence-corrected chi connectivity index (χ1v) is 13.1. The molecule has 0 bridgehead atoms. The number of likely N-dealkylation sites (tertiary alicyclic amines) is 1. The normalized spacial score (nSPS) is 22.8. The molecule has 0 aromatic heterocycles. The maximum atomic E-state index is 14.1. The van der Waals surface area contributed by atoms with Gasteiger partial charge in [0.15, 0.2) is 5.78 Å². The number of ether oxygens (including phenoxy) is 1. The lowest BCUT2D eigenvalue weighted by Gasteiger charge is -2.38. The predicted molar refractivity (Wildman–Crippen MR) is 144 cm³/mol. The van der Waals surface area contributed by atoms with Gasteiger partial charge < -0.3 is 20.3 Å². The molecule has 218 valence electrons. The number of carbonyl (C=O) groups excluding carboxylic acids is 3. The molecule has 5 atom stereocenters. The zero-order valence-electron chi connectivity index (χ0n) is 23.9. The Kier molecular flexibility index (Phi) is 8.36. The van der Waals surface area contributed by atoms with Gasteiger partial charge in [0.05, 0.1) is 25.6 Å². The van der Waals surface area contributed by atoms with Gasteiger partial charge in [0, 0.05) is 18.3 Å². The van der Waals surface area contributed by atoms with Crippen LogP contribution in [0, 0.1) is 40.9 Å². The standard InChI is InChI=1S/C29H37F3N4O4/c1-9-16-12-15(2)20(40-8)13-19(16)34-18(10-11-33)23(37)22-21-17(28(21,6)7)14-36(22)25(38)24(27(3,4)5)35-26(39)29(30,31)32/h9,12-13,17-18,21-22,24,34H,1,10,14H2,2-8H3,(H,35,39)/t17-,18?,21-,22-,24+/m0/s1. The Morgan fingerprint density at radius 1 is 1.27 bits per heavy atom. The van der Waals surface area contributed by atoms with Crippen molar-refractivity contribution in [3.8, 4) is 11.8 Å². The lowest BCUT2D eigenvalue weighted by Crippen LogP contribution is -2.60. The van der Waals surface area contributed by atoms with Crippen molar-refractivity contribution in [1.29, 1.82) is 5.26 Å². The van der Waals surface area contributed by atoms with Gasteiger partial charge in [-0.1, -0.05) is 47.3 Å². The van der Waals surface area contributed by atoms with E-state index in [4.69, 9.17) is 4.74 Å². The molecule has 2 amide bonds. The molecule has 2 aliphatic rings. The predicted octanol–water partition coefficient (Wildman–Crippen LogP) is 4.49. The van der Waals surface area contributed by atoms with Gasteiger partial charge >= 0.3 is 12.1 Å². The number of benzene rings is 1. The summed E-state index contributed by atoms with van der Waals surface area (Å²) in [6, 6.07) is 2.03. The molecule has 2 N–H and O–H groups in total. The number of amides is 2. The third-order valence-corrected chi connectivity index (χ3v) is 8.18. The molecule has 1 aromatic carbocycles. The number of nitriles is 1. The molecule has 0 spiro atoms. The van der Waals surface area contributed by atoms with E-state index in [1.165, 1.54) is 12.0 Å². The molecule has 1 saturated carbocycles. The molecule has 11 heteroatoms. The number of hydrogen-bond acceptors (Lipinski definition) is 6. The molecule has 1 saturated heterocycles. The van der Waals surface area contributed by atoms with Gasteiger partial charge in [-0.2, -0.15) is 18.4 Å². The summed E-state index contributed by atoms with van der Waals surface area (Å²) in [5.41, 5.74) is 0.685. The van der Waals surface area contributed by atoms with Crippen molar-refractivity contribution in [1.82, 2.24) is 10.2 Å². The van der Waals surface area contributed by atoms with Crippen LogP contribution >= 0.6 is 0 Å². The van der Waals surface area contributed by atoms with E-state index in [0.717, 1.165) is 5.56 Å². The van der Waals surface area contributed by atoms with E-state index in [-0.39, 0.29) is 30.2 Å². The van der Waals surface area contributed by atoms with Crippen LogP contribution in [-0.2, 0) is 14.4 Å². The van der Waals surface area contributed by atoms with Gasteiger partial charge in [-0.3, -0.25) is 14.4 Å². The van der Waals surface area contributed by atoms with Crippen LogP contribution in [0.4, 0.5) is 18.9 Å². The van der Waals surface area contributed by atoms with E-state index in [1.54, 1.807) is 32.9 Å². The van der Waals surface area contributed by atoms with E-state index in [9.17, 15) is 32.8 Å². The summed E-state index contributed by atoms with van der Waals surface area (Å²) in [6.07, 6.45) is -3.78. The average Bonchev–Trinajstić information content (AvgIpc) is 3.18. The van der Waals surface area contributed by atoms with Crippen molar-refractivity contribution in [2.75, 3.05) is 19.0 Å². The minimum Gasteiger partial charge on any atom is -0.496 e. The fourth-order valence-electron chi connectivity index (χ4n) is 5.80. The number of anilines is 1. The molecular weight excluding hydrogens is 525 g/mol. The van der Waals surface area contributed by atoms with Crippen LogP contribution in [0.3, 0.4) is 0 Å². The number of alkyl halides is 3. The van der Waals surface area contributed by atoms with E-state index in [1.807, 2.05) is 38.2 Å². The number of Topliss-reactive ketones (excluding diaryl/α,β-unsaturated/α-hetero) is 1. The molecule has 1 heterocycles. The number of nitrogens with zero attached hydrogens (tertiary/aromatic N) is 2. The highest BCUT2D eigenvalue weighted by Crippen LogP contribution is 2.65. The number of hydrogen-bond donors (Lipinski definition) is 2. The van der Waals surface area contributed by atoms with Crippen molar-refractivity contribution >= 4 is 29.4 Å². The van der Waals surface area contributed by atoms with Gasteiger partial charge in [0.2, 0.25) is 5.91 Å². The van der Waals surface area contributed by atoms with Crippen LogP contribution in [0.15, 0.2) is 18.7 Å². The van der Waals surface area contributed by atoms with Gasteiger partial charge in [-0.15, -0.1) is 0 Å². The maximum Gasteiger partial charge on any atom is 0.471 e. The Morgan fingerprint density at radius 2 is 1.90 bits per heavy atom. The second-order valence-electron chi connectivity index (χ2n) is 12.2. The molecule has 8 nitrogen and oxygen atoms in total. The molecule has 1 aliphatic carbocycles. The third-order valence-electron chi connectivity index (χ3n) is 8.18. The summed E-state index contributed by atoms with van der Waals surface area (Å²) >= 11 is 0. The number of ketones is 1. The summed E-state index contributed by atoms with van der Waals surface area (Å²) in [4.78, 5) is 41.0. The molecule has 1 unspecified atom stereocenters. The van der Waals surface area contributed by atoms with Crippen LogP contribution < -0.4 is 15.4 Å². The van der Waals surface area contributed by atoms with Crippen molar-refractivity contribution in [2.45, 2.75) is 72.3 Å². The molecular formula is C29H37F3N4O4. The lowest BCUT2D eigenvalue weighted by atomic mass is 9.84. The largest absolute Gasteiger partial charge is 0.496 e. The van der Waals surface area contributed by atoms with Gasteiger partial charge in [-0.05, 0) is 46.8 Å². The number of carbonyl (C=O) groups is 3. The molecule has 0 radical (unpaired) electrons. The Morgan fingerprint density at radius 3 is 2.40 bits per heavy atom. The first kappa shape index (κ1) is 31.0. The van der Waals surface area contributed by atoms with Crippen molar-refractivity contribution in [3.05, 3.63) is 29.8 Å². The fourth-order valence-corrected chi connectivity index (χ4v) is 5.80. The maximum absolute atomic E-state index is 14.1. The highest BCUT2D eigenvalue weighted by atomic mass is 19.4. The Labute approximate surface area is 232 Å². The minimum absolute atomic E-state index is 0.0460. The molecule has 2 fully saturated rings. The topological polar surface area (TPSA) is 112 Å². The number of halogens is 3. The van der Waals surface area contributed by atoms with Gasteiger partial charge in [-0.25, -0.2) is 0 Å². The highest BCUT2D eigenvalue weighted by Gasteiger charge is 2.70. The average molecular weight is 563 g/mol. The van der Waals surface area contributed by atoms with Crippen LogP contribution in [0.25, 0.3) is 6.08 Å². The molecule has 1 aliphatic heterocycles. The quantitative estimate of drug-likeness (QED) is 0.459. The minimum atomic E-state index is -5.17. The summed E-state index contributed by atoms with van der Waals surface area (Å²) in [6.45, 7) is 14.4. The SMILES string of the molecule is C=Cc1cc(C)c(OC)cc1NC(CC#N)C(=O)[C@@H]1[C@@H]2[C@H](CN1C(=O)[C@@H](NC(=O)C(F)(F)F)C(C)(C)C)C2(C)C. The number of piperidine rings is 1. The van der Waals surface area contributed by atoms with Crippen molar-refractivity contribution in [2.24, 2.45) is 22.7 Å². The van der Waals surface area contributed by atoms with Crippen LogP contribution in [0.2, 0.25) is 0 Å². The monoisotopic (exact) mass is 562 g/mol. The third kappa shape index (κ3) is 5.81. The molecule has 1 aromatic rings. The smallest absolute Gasteiger partial charge is 0.471 e. The summed E-state index contributed by atoms with van der Waals surface area (Å²) in [7, 11) is 1.51. The first-order valence-electron chi connectivity index (χ1n) is 13.1. The van der Waals surface area contributed by atoms with Gasteiger partial charge in [0.25, 0.3) is 0 Å². The van der Waals surface area contributed by atoms with E-state index in [0.29, 0.717) is 17.0 Å². The van der Waals surface area contributed by atoms with Crippen LogP contribution in [0.1, 0.15) is 52.2 Å². The Bertz CT molecular complexity index is 1250. The number of aryl methyl sites for hydroxylation is 1. The number of fused-ring (bicyclic) bond motifs is 1. The second kappa shape index (κ2) is 10.8. The van der Waals surface area contributed by atoms with Crippen LogP contribution in [-0.4, -0.2) is 60.5 Å². The lowest BCUT2D eigenvalue weighted by molar-refractivity contribution is -0.176. The van der Waals surface area contributed by atoms with Crippen molar-refractivity contribution in [3.63, 3.8) is 0 Å². The van der Waals surface area contributed by atoms with E-state index < -0.39 is 47.3 Å². The zero-order valence-corrected chi connectivity index (χ0v) is 23.9. The number of methoxy groups -OCH3 is 1. The fraction of sp³-hybridized carbons (Fsp3) is 0.586. The van der Waals surface area contributed by atoms with Crippen LogP contribution in [0.5, 0.6) is 5.75 Å². The number of rotatable bonds is 9. The van der Waals surface area contributed by atoms with Crippen molar-refractivity contribution < 1.29 is 32.3 Å². The van der Waals surface area contributed by atoms with Gasteiger partial charge in [0.1, 0.15) is 17.8 Å². The Balaban J connectivity index is 1.99. The molecule has 3 rings (SSSR count). The Hall–Kier alpha value is -3.55.